The molecule has 94 valence electrons. The highest BCUT2D eigenvalue weighted by Crippen LogP contribution is 2.78. The van der Waals surface area contributed by atoms with Gasteiger partial charge in [-0.2, -0.15) is 0 Å². The number of aliphatic hydroxyl groups is 5. The molecule has 0 saturated heterocycles. The maximum Gasteiger partial charge on any atom is 0.136 e. The summed E-state index contributed by atoms with van der Waals surface area (Å²) < 4.78 is 0. The Balaban J connectivity index is 2.46. The monoisotopic (exact) mass is 232 g/mol. The first-order chi connectivity index (χ1) is 6.97. The number of aliphatic hydroxyl groups excluding tert-OH is 2. The molecule has 0 aromatic heterocycles. The fraction of sp³-hybridized carbons (Fsp3) is 1.00. The van der Waals surface area contributed by atoms with Gasteiger partial charge in [-0.3, -0.25) is 0 Å². The van der Waals surface area contributed by atoms with Crippen molar-refractivity contribution in [2.75, 3.05) is 6.61 Å². The summed E-state index contributed by atoms with van der Waals surface area (Å²) in [6, 6.07) is 0. The largest absolute Gasteiger partial charge is 0.393 e. The van der Waals surface area contributed by atoms with Gasteiger partial charge in [0.2, 0.25) is 0 Å². The molecule has 16 heavy (non-hydrogen) atoms. The standard InChI is InChI=1S/C11H20O5/c1-7(2)6(13)10(7,15)11(16)8(3,4)9(11,14)5-12/h6,12-16H,5H2,1-4H3/t6?,9-,10+,11+/m0/s1. The van der Waals surface area contributed by atoms with Gasteiger partial charge in [0, 0.05) is 10.8 Å². The molecule has 2 aliphatic rings. The van der Waals surface area contributed by atoms with Crippen LogP contribution in [0.4, 0.5) is 0 Å². The second kappa shape index (κ2) is 2.47. The molecular weight excluding hydrogens is 212 g/mol. The predicted molar refractivity (Wildman–Crippen MR) is 55.5 cm³/mol. The third-order valence-corrected chi connectivity index (χ3v) is 5.23. The van der Waals surface area contributed by atoms with Crippen LogP contribution < -0.4 is 0 Å². The van der Waals surface area contributed by atoms with E-state index in [0.29, 0.717) is 0 Å². The first-order valence-electron chi connectivity index (χ1n) is 5.43. The van der Waals surface area contributed by atoms with Crippen molar-refractivity contribution in [1.29, 1.82) is 0 Å². The number of rotatable bonds is 2. The SMILES string of the molecule is CC1(C)C(O)[C@]1(O)[C@@]1(O)C(C)(C)[C@@]1(O)CO. The molecule has 2 rings (SSSR count). The fourth-order valence-electron chi connectivity index (χ4n) is 3.40. The molecule has 0 amide bonds. The lowest BCUT2D eigenvalue weighted by Crippen LogP contribution is -2.46. The van der Waals surface area contributed by atoms with Crippen molar-refractivity contribution in [3.8, 4) is 0 Å². The molecule has 5 heteroatoms. The molecule has 2 saturated carbocycles. The van der Waals surface area contributed by atoms with Gasteiger partial charge in [-0.1, -0.05) is 27.7 Å². The van der Waals surface area contributed by atoms with Crippen LogP contribution in [0.3, 0.4) is 0 Å². The molecule has 0 heterocycles. The maximum atomic E-state index is 10.5. The zero-order valence-corrected chi connectivity index (χ0v) is 10.0. The van der Waals surface area contributed by atoms with Crippen molar-refractivity contribution in [3.63, 3.8) is 0 Å². The molecule has 0 spiro atoms. The van der Waals surface area contributed by atoms with Crippen molar-refractivity contribution in [3.05, 3.63) is 0 Å². The van der Waals surface area contributed by atoms with Gasteiger partial charge in [0.05, 0.1) is 12.7 Å². The Hall–Kier alpha value is -0.200. The smallest absolute Gasteiger partial charge is 0.136 e. The quantitative estimate of drug-likeness (QED) is 0.403. The summed E-state index contributed by atoms with van der Waals surface area (Å²) in [5, 5.41) is 49.9. The van der Waals surface area contributed by atoms with E-state index in [4.69, 9.17) is 0 Å². The van der Waals surface area contributed by atoms with Crippen LogP contribution in [0.5, 0.6) is 0 Å². The molecular formula is C11H20O5. The lowest BCUT2D eigenvalue weighted by atomic mass is 9.93. The van der Waals surface area contributed by atoms with Crippen LogP contribution in [-0.4, -0.2) is 55.0 Å². The summed E-state index contributed by atoms with van der Waals surface area (Å²) in [5.41, 5.74) is -7.38. The van der Waals surface area contributed by atoms with Gasteiger partial charge in [-0.05, 0) is 0 Å². The Labute approximate surface area is 94.3 Å². The summed E-state index contributed by atoms with van der Waals surface area (Å²) in [5.74, 6) is 0. The minimum absolute atomic E-state index is 0.651. The minimum atomic E-state index is -1.88. The molecule has 2 fully saturated rings. The Morgan fingerprint density at radius 1 is 1.00 bits per heavy atom. The third kappa shape index (κ3) is 0.726. The van der Waals surface area contributed by atoms with Crippen molar-refractivity contribution in [2.24, 2.45) is 10.8 Å². The number of hydrogen-bond acceptors (Lipinski definition) is 5. The van der Waals surface area contributed by atoms with E-state index < -0.39 is 40.3 Å². The minimum Gasteiger partial charge on any atom is -0.393 e. The van der Waals surface area contributed by atoms with Crippen LogP contribution in [0.2, 0.25) is 0 Å². The zero-order chi connectivity index (χ0) is 12.8. The Bertz CT molecular complexity index is 352. The summed E-state index contributed by atoms with van der Waals surface area (Å²) in [6.07, 6.45) is -1.11. The summed E-state index contributed by atoms with van der Waals surface area (Å²) in [4.78, 5) is 0. The van der Waals surface area contributed by atoms with Gasteiger partial charge < -0.3 is 25.5 Å². The van der Waals surface area contributed by atoms with E-state index in [0.717, 1.165) is 0 Å². The summed E-state index contributed by atoms with van der Waals surface area (Å²) >= 11 is 0. The Morgan fingerprint density at radius 3 is 1.56 bits per heavy atom. The molecule has 0 radical (unpaired) electrons. The molecule has 1 unspecified atom stereocenters. The highest BCUT2D eigenvalue weighted by molar-refractivity contribution is 5.47. The average molecular weight is 232 g/mol. The normalized spacial score (nSPS) is 57.2. The van der Waals surface area contributed by atoms with Crippen molar-refractivity contribution < 1.29 is 25.5 Å². The van der Waals surface area contributed by atoms with Gasteiger partial charge in [0.15, 0.2) is 0 Å². The number of hydrogen-bond donors (Lipinski definition) is 5. The summed E-state index contributed by atoms with van der Waals surface area (Å²) in [6.45, 7) is 5.69. The topological polar surface area (TPSA) is 101 Å². The third-order valence-electron chi connectivity index (χ3n) is 5.23. The van der Waals surface area contributed by atoms with Gasteiger partial charge in [-0.15, -0.1) is 0 Å². The van der Waals surface area contributed by atoms with Gasteiger partial charge in [-0.25, -0.2) is 0 Å². The molecule has 0 bridgehead atoms. The molecule has 5 nitrogen and oxygen atoms in total. The van der Waals surface area contributed by atoms with E-state index in [1.165, 1.54) is 0 Å². The van der Waals surface area contributed by atoms with Crippen molar-refractivity contribution in [2.45, 2.75) is 50.6 Å². The molecule has 0 aromatic rings. The molecule has 0 aliphatic heterocycles. The van der Waals surface area contributed by atoms with E-state index in [9.17, 15) is 25.5 Å². The second-order valence-corrected chi connectivity index (χ2v) is 6.24. The Kier molecular flexibility index (Phi) is 1.89. The molecule has 4 atom stereocenters. The lowest BCUT2D eigenvalue weighted by Gasteiger charge is -2.24. The predicted octanol–water partition coefficient (Wildman–Crippen LogP) is -1.39. The van der Waals surface area contributed by atoms with Crippen LogP contribution in [-0.2, 0) is 0 Å². The Morgan fingerprint density at radius 2 is 1.38 bits per heavy atom. The van der Waals surface area contributed by atoms with E-state index in [1.54, 1.807) is 27.7 Å². The van der Waals surface area contributed by atoms with Crippen LogP contribution >= 0.6 is 0 Å². The fourth-order valence-corrected chi connectivity index (χ4v) is 3.40. The van der Waals surface area contributed by atoms with E-state index >= 15 is 0 Å². The average Bonchev–Trinajstić information content (AvgIpc) is 2.76. The van der Waals surface area contributed by atoms with Crippen LogP contribution in [0.25, 0.3) is 0 Å². The molecule has 2 aliphatic carbocycles. The van der Waals surface area contributed by atoms with Crippen LogP contribution in [0, 0.1) is 10.8 Å². The molecule has 0 aromatic carbocycles. The zero-order valence-electron chi connectivity index (χ0n) is 10.0. The second-order valence-electron chi connectivity index (χ2n) is 6.24. The molecule has 5 N–H and O–H groups in total. The van der Waals surface area contributed by atoms with Crippen LogP contribution in [0.1, 0.15) is 27.7 Å². The maximum absolute atomic E-state index is 10.5. The van der Waals surface area contributed by atoms with Gasteiger partial charge >= 0.3 is 0 Å². The van der Waals surface area contributed by atoms with E-state index in [2.05, 4.69) is 0 Å². The highest BCUT2D eigenvalue weighted by atomic mass is 16.5. The van der Waals surface area contributed by atoms with Gasteiger partial charge in [0.25, 0.3) is 0 Å². The van der Waals surface area contributed by atoms with E-state index in [-0.39, 0.29) is 0 Å². The lowest BCUT2D eigenvalue weighted by molar-refractivity contribution is -0.116. The van der Waals surface area contributed by atoms with Gasteiger partial charge in [0.1, 0.15) is 16.8 Å². The highest BCUT2D eigenvalue weighted by Gasteiger charge is 2.98. The first kappa shape index (κ1) is 12.3. The van der Waals surface area contributed by atoms with Crippen molar-refractivity contribution >= 4 is 0 Å². The van der Waals surface area contributed by atoms with Crippen molar-refractivity contribution in [1.82, 2.24) is 0 Å². The first-order valence-corrected chi connectivity index (χ1v) is 5.43. The van der Waals surface area contributed by atoms with Crippen LogP contribution in [0.15, 0.2) is 0 Å². The van der Waals surface area contributed by atoms with E-state index in [1.807, 2.05) is 0 Å². The summed E-state index contributed by atoms with van der Waals surface area (Å²) in [7, 11) is 0.